The van der Waals surface area contributed by atoms with Crippen LogP contribution in [0.2, 0.25) is 0 Å². The van der Waals surface area contributed by atoms with E-state index in [2.05, 4.69) is 22.9 Å². The number of fused-ring (bicyclic) bond motifs is 1. The summed E-state index contributed by atoms with van der Waals surface area (Å²) in [7, 11) is 3.77. The number of likely N-dealkylation sites (N-methyl/N-ethyl adjacent to an activating group) is 1. The summed E-state index contributed by atoms with van der Waals surface area (Å²) < 4.78 is 20.6. The Labute approximate surface area is 167 Å². The minimum Gasteiger partial charge on any atom is -0.587 e. The standard InChI is InChI=1S/C21H22N4O2S/c1-23-9-11-24(12-10-23)20-13-17(7-8-21(20)27-2)28(26)25-15-16(14-22)18-5-3-4-6-19(18)25/h3-8,13,15H,9-12H2,1-2H3. The summed E-state index contributed by atoms with van der Waals surface area (Å²) >= 11 is -1.46. The van der Waals surface area contributed by atoms with Crippen molar-refractivity contribution in [1.29, 1.82) is 5.26 Å². The van der Waals surface area contributed by atoms with Crippen molar-refractivity contribution in [2.75, 3.05) is 45.2 Å². The highest BCUT2D eigenvalue weighted by atomic mass is 32.2. The maximum Gasteiger partial charge on any atom is 0.182 e. The molecule has 3 aromatic rings. The van der Waals surface area contributed by atoms with Gasteiger partial charge in [-0.05, 0) is 25.2 Å². The second-order valence-electron chi connectivity index (χ2n) is 6.87. The molecule has 0 saturated carbocycles. The molecule has 0 bridgehead atoms. The number of piperazine rings is 1. The normalized spacial score (nSPS) is 16.1. The Bertz CT molecular complexity index is 1030. The number of hydrogen-bond donors (Lipinski definition) is 0. The van der Waals surface area contributed by atoms with E-state index in [4.69, 9.17) is 4.74 Å². The van der Waals surface area contributed by atoms with E-state index in [1.165, 1.54) is 0 Å². The molecule has 0 aliphatic carbocycles. The third kappa shape index (κ3) is 3.31. The van der Waals surface area contributed by atoms with Crippen molar-refractivity contribution in [3.63, 3.8) is 0 Å². The van der Waals surface area contributed by atoms with Gasteiger partial charge in [-0.1, -0.05) is 18.2 Å². The first-order chi connectivity index (χ1) is 13.6. The van der Waals surface area contributed by atoms with E-state index in [0.29, 0.717) is 10.5 Å². The smallest absolute Gasteiger partial charge is 0.182 e. The topological polar surface area (TPSA) is 67.5 Å². The molecule has 6 nitrogen and oxygen atoms in total. The summed E-state index contributed by atoms with van der Waals surface area (Å²) in [4.78, 5) is 5.24. The monoisotopic (exact) mass is 394 g/mol. The van der Waals surface area contributed by atoms with Gasteiger partial charge in [-0.15, -0.1) is 0 Å². The highest BCUT2D eigenvalue weighted by Gasteiger charge is 2.24. The molecule has 1 aliphatic rings. The molecular weight excluding hydrogens is 372 g/mol. The van der Waals surface area contributed by atoms with Crippen LogP contribution in [-0.4, -0.2) is 53.8 Å². The zero-order valence-electron chi connectivity index (χ0n) is 16.0. The Morgan fingerprint density at radius 2 is 1.86 bits per heavy atom. The van der Waals surface area contributed by atoms with Crippen molar-refractivity contribution in [3.8, 4) is 11.8 Å². The number of methoxy groups -OCH3 is 1. The molecule has 1 atom stereocenters. The SMILES string of the molecule is COc1ccc([S+]([O-])n2cc(C#N)c3ccccc32)cc1N1CCN(C)CC1. The second-order valence-corrected chi connectivity index (χ2v) is 8.23. The number of nitriles is 1. The Morgan fingerprint density at radius 3 is 2.57 bits per heavy atom. The molecule has 1 fully saturated rings. The van der Waals surface area contributed by atoms with Gasteiger partial charge in [0.15, 0.2) is 4.90 Å². The van der Waals surface area contributed by atoms with Gasteiger partial charge in [0.05, 0.1) is 30.1 Å². The molecule has 1 aromatic heterocycles. The number of benzene rings is 2. The van der Waals surface area contributed by atoms with E-state index in [9.17, 15) is 9.81 Å². The predicted molar refractivity (Wildman–Crippen MR) is 111 cm³/mol. The summed E-state index contributed by atoms with van der Waals surface area (Å²) in [5.41, 5.74) is 2.27. The number of hydrogen-bond acceptors (Lipinski definition) is 5. The summed E-state index contributed by atoms with van der Waals surface area (Å²) in [5.74, 6) is 0.778. The molecule has 0 radical (unpaired) electrons. The van der Waals surface area contributed by atoms with E-state index in [1.807, 2.05) is 42.5 Å². The largest absolute Gasteiger partial charge is 0.587 e. The molecule has 2 heterocycles. The fourth-order valence-electron chi connectivity index (χ4n) is 3.56. The third-order valence-corrected chi connectivity index (χ3v) is 6.49. The molecular formula is C21H22N4O2S. The molecule has 7 heteroatoms. The maximum absolute atomic E-state index is 13.4. The van der Waals surface area contributed by atoms with Gasteiger partial charge in [0.2, 0.25) is 0 Å². The van der Waals surface area contributed by atoms with Crippen molar-refractivity contribution < 1.29 is 9.29 Å². The van der Waals surface area contributed by atoms with Crippen molar-refractivity contribution in [3.05, 3.63) is 54.2 Å². The van der Waals surface area contributed by atoms with Gasteiger partial charge in [0.25, 0.3) is 0 Å². The van der Waals surface area contributed by atoms with Gasteiger partial charge in [-0.3, -0.25) is 0 Å². The molecule has 1 saturated heterocycles. The predicted octanol–water partition coefficient (Wildman–Crippen LogP) is 2.84. The van der Waals surface area contributed by atoms with Gasteiger partial charge in [0, 0.05) is 37.6 Å². The van der Waals surface area contributed by atoms with Crippen LogP contribution in [0.1, 0.15) is 5.56 Å². The maximum atomic E-state index is 13.4. The van der Waals surface area contributed by atoms with Crippen LogP contribution in [0, 0.1) is 11.3 Å². The lowest BCUT2D eigenvalue weighted by Gasteiger charge is -2.34. The van der Waals surface area contributed by atoms with E-state index in [0.717, 1.165) is 48.5 Å². The lowest BCUT2D eigenvalue weighted by atomic mass is 10.2. The first-order valence-corrected chi connectivity index (χ1v) is 10.3. The van der Waals surface area contributed by atoms with E-state index < -0.39 is 11.4 Å². The van der Waals surface area contributed by atoms with Gasteiger partial charge < -0.3 is 19.1 Å². The molecule has 4 rings (SSSR count). The number of aromatic nitrogens is 1. The number of ether oxygens (including phenoxy) is 1. The summed E-state index contributed by atoms with van der Waals surface area (Å²) in [6.07, 6.45) is 1.67. The van der Waals surface area contributed by atoms with Crippen LogP contribution >= 0.6 is 0 Å². The van der Waals surface area contributed by atoms with Gasteiger partial charge >= 0.3 is 0 Å². The van der Waals surface area contributed by atoms with Crippen molar-refractivity contribution in [2.24, 2.45) is 0 Å². The number of nitrogens with zero attached hydrogens (tertiary/aromatic N) is 4. The lowest BCUT2D eigenvalue weighted by molar-refractivity contribution is 0.311. The molecule has 1 aliphatic heterocycles. The molecule has 28 heavy (non-hydrogen) atoms. The highest BCUT2D eigenvalue weighted by molar-refractivity contribution is 7.90. The quantitative estimate of drug-likeness (QED) is 0.637. The van der Waals surface area contributed by atoms with Crippen LogP contribution in [0.3, 0.4) is 0 Å². The molecule has 1 unspecified atom stereocenters. The van der Waals surface area contributed by atoms with E-state index in [1.54, 1.807) is 17.3 Å². The molecule has 0 spiro atoms. The summed E-state index contributed by atoms with van der Waals surface area (Å²) in [5, 5.41) is 10.2. The van der Waals surface area contributed by atoms with Crippen LogP contribution < -0.4 is 9.64 Å². The summed E-state index contributed by atoms with van der Waals surface area (Å²) in [6, 6.07) is 15.4. The van der Waals surface area contributed by atoms with Crippen LogP contribution in [0.25, 0.3) is 10.9 Å². The minimum absolute atomic E-state index is 0.525. The zero-order valence-corrected chi connectivity index (χ0v) is 16.8. The van der Waals surface area contributed by atoms with Crippen LogP contribution in [0.5, 0.6) is 5.75 Å². The first-order valence-electron chi connectivity index (χ1n) is 9.16. The van der Waals surface area contributed by atoms with E-state index in [-0.39, 0.29) is 0 Å². The van der Waals surface area contributed by atoms with E-state index >= 15 is 0 Å². The highest BCUT2D eigenvalue weighted by Crippen LogP contribution is 2.33. The van der Waals surface area contributed by atoms with Gasteiger partial charge in [-0.2, -0.15) is 9.23 Å². The van der Waals surface area contributed by atoms with Crippen molar-refractivity contribution in [2.45, 2.75) is 4.90 Å². The molecule has 0 amide bonds. The summed E-state index contributed by atoms with van der Waals surface area (Å²) in [6.45, 7) is 3.75. The first kappa shape index (κ1) is 18.7. The Kier molecular flexibility index (Phi) is 5.18. The van der Waals surface area contributed by atoms with Crippen LogP contribution in [-0.2, 0) is 11.4 Å². The number of rotatable bonds is 4. The van der Waals surface area contributed by atoms with Crippen LogP contribution in [0.4, 0.5) is 5.69 Å². The number of para-hydroxylation sites is 1. The Hall–Kier alpha value is -2.66. The average Bonchev–Trinajstić information content (AvgIpc) is 3.12. The molecule has 0 N–H and O–H groups in total. The van der Waals surface area contributed by atoms with Crippen molar-refractivity contribution in [1.82, 2.24) is 8.87 Å². The Morgan fingerprint density at radius 1 is 1.11 bits per heavy atom. The second kappa shape index (κ2) is 7.76. The average molecular weight is 395 g/mol. The number of anilines is 1. The third-order valence-electron chi connectivity index (χ3n) is 5.17. The van der Waals surface area contributed by atoms with Gasteiger partial charge in [0.1, 0.15) is 23.2 Å². The Balaban J connectivity index is 1.74. The van der Waals surface area contributed by atoms with Crippen LogP contribution in [0.15, 0.2) is 53.6 Å². The lowest BCUT2D eigenvalue weighted by Crippen LogP contribution is -2.44. The minimum atomic E-state index is -1.46. The van der Waals surface area contributed by atoms with Crippen molar-refractivity contribution >= 4 is 28.0 Å². The molecule has 144 valence electrons. The zero-order chi connectivity index (χ0) is 19.7. The fourth-order valence-corrected chi connectivity index (χ4v) is 4.73. The van der Waals surface area contributed by atoms with Gasteiger partial charge in [-0.25, -0.2) is 0 Å². The fraction of sp³-hybridized carbons (Fsp3) is 0.286. The molecule has 2 aromatic carbocycles.